The average Bonchev–Trinajstić information content (AvgIpc) is 3.57. The number of aliphatic hydroxyl groups excluding tert-OH is 6. The summed E-state index contributed by atoms with van der Waals surface area (Å²) < 4.78 is 36.9. The number of ether oxygens (including phenoxy) is 6. The van der Waals surface area contributed by atoms with E-state index in [0.717, 1.165) is 32.1 Å². The molecule has 8 rings (SSSR count). The molecule has 7 fully saturated rings. The van der Waals surface area contributed by atoms with Crippen LogP contribution in [0.2, 0.25) is 0 Å². The molecule has 8 aliphatic rings. The topological polar surface area (TPSA) is 194 Å². The number of hydrogen-bond acceptors (Lipinski definition) is 13. The van der Waals surface area contributed by atoms with Crippen LogP contribution in [0.3, 0.4) is 0 Å². The van der Waals surface area contributed by atoms with Gasteiger partial charge in [-0.3, -0.25) is 4.79 Å². The van der Waals surface area contributed by atoms with Crippen LogP contribution >= 0.6 is 0 Å². The van der Waals surface area contributed by atoms with Crippen molar-refractivity contribution >= 4 is 5.78 Å². The standard InChI is InChI=1S/C39H60O13/c1-17-8-11-39(47-16-17)18(2)28-25(52-39)13-24-22-7-6-20-12-21(9-10-37(20,4)23(22)14-27(41)38(24,28)5)49-35-33(46)31(44)34(19(3)48-35)51-36-32(45)30(43)29(42)26(15-40)50-36/h6,17-19,21-26,28-36,40,42-46H,7-16H2,1-5H3/t17-,18+,19-,21+,22?,23?,24?,25?,26-,28?,29-,30+,31-,32-,33-,34+,35+,36+,37+,38-,39-/m1/s1. The summed E-state index contributed by atoms with van der Waals surface area (Å²) in [5.74, 6) is 1.61. The lowest BCUT2D eigenvalue weighted by Gasteiger charge is -2.58. The van der Waals surface area contributed by atoms with Gasteiger partial charge in [-0.05, 0) is 74.5 Å². The van der Waals surface area contributed by atoms with Crippen LogP contribution < -0.4 is 0 Å². The summed E-state index contributed by atoms with van der Waals surface area (Å²) in [6, 6.07) is 0. The summed E-state index contributed by atoms with van der Waals surface area (Å²) in [4.78, 5) is 14.5. The molecule has 4 aliphatic heterocycles. The van der Waals surface area contributed by atoms with Gasteiger partial charge >= 0.3 is 0 Å². The first-order chi connectivity index (χ1) is 24.6. The number of Topliss-reactive ketones (excluding diaryl/α,β-unsaturated/α-hetero) is 1. The SMILES string of the molecule is C[C@@H]1CC[C@@]2(OC1)OC1CC3C4CC=C5C[C@@H](O[C@@H]6O[C@H](C)[C@H](O[C@@H]7O[C@H](CO)[C@@H](O)[C@H](O)[C@H]7O)[C@H](O)[C@H]6O)CC[C@]5(C)C4CC(=O)[C@]3(C)C1[C@@H]2C. The van der Waals surface area contributed by atoms with Crippen LogP contribution in [-0.2, 0) is 33.2 Å². The third-order valence-electron chi connectivity index (χ3n) is 15.4. The van der Waals surface area contributed by atoms with Crippen molar-refractivity contribution in [2.75, 3.05) is 13.2 Å². The predicted octanol–water partition coefficient (Wildman–Crippen LogP) is 1.57. The molecule has 0 aromatic rings. The van der Waals surface area contributed by atoms with Gasteiger partial charge in [0.25, 0.3) is 0 Å². The Morgan fingerprint density at radius 3 is 2.31 bits per heavy atom. The van der Waals surface area contributed by atoms with Gasteiger partial charge in [0.2, 0.25) is 0 Å². The van der Waals surface area contributed by atoms with Gasteiger partial charge in [-0.2, -0.15) is 0 Å². The molecule has 1 spiro atoms. The highest BCUT2D eigenvalue weighted by atomic mass is 16.7. The Labute approximate surface area is 305 Å². The Bertz CT molecular complexity index is 1380. The second kappa shape index (κ2) is 13.5. The first kappa shape index (κ1) is 37.8. The summed E-state index contributed by atoms with van der Waals surface area (Å²) in [7, 11) is 0. The first-order valence-corrected chi connectivity index (χ1v) is 19.8. The van der Waals surface area contributed by atoms with Crippen LogP contribution in [0.25, 0.3) is 0 Å². The molecule has 0 bridgehead atoms. The average molecular weight is 737 g/mol. The highest BCUT2D eigenvalue weighted by Crippen LogP contribution is 2.69. The third kappa shape index (κ3) is 5.66. The molecule has 6 N–H and O–H groups in total. The summed E-state index contributed by atoms with van der Waals surface area (Å²) in [6.07, 6.45) is -4.85. The minimum Gasteiger partial charge on any atom is -0.394 e. The van der Waals surface area contributed by atoms with Gasteiger partial charge < -0.3 is 59.1 Å². The fourth-order valence-corrected chi connectivity index (χ4v) is 12.3. The highest BCUT2D eigenvalue weighted by Gasteiger charge is 2.71. The van der Waals surface area contributed by atoms with E-state index < -0.39 is 79.2 Å². The van der Waals surface area contributed by atoms with Gasteiger partial charge in [0.05, 0.1) is 31.5 Å². The number of rotatable bonds is 5. The molecular formula is C39H60O13. The van der Waals surface area contributed by atoms with Crippen molar-refractivity contribution in [3.05, 3.63) is 11.6 Å². The van der Waals surface area contributed by atoms with E-state index in [2.05, 4.69) is 33.8 Å². The number of hydrogen-bond donors (Lipinski definition) is 6. The molecule has 21 atom stereocenters. The van der Waals surface area contributed by atoms with Crippen LogP contribution in [0.4, 0.5) is 0 Å². The van der Waals surface area contributed by atoms with Crippen molar-refractivity contribution in [1.29, 1.82) is 0 Å². The second-order valence-electron chi connectivity index (χ2n) is 18.1. The van der Waals surface area contributed by atoms with E-state index in [-0.39, 0.29) is 41.3 Å². The first-order valence-electron chi connectivity index (χ1n) is 19.8. The van der Waals surface area contributed by atoms with Crippen molar-refractivity contribution in [2.24, 2.45) is 46.3 Å². The van der Waals surface area contributed by atoms with Crippen molar-refractivity contribution in [3.8, 4) is 0 Å². The Morgan fingerprint density at radius 2 is 1.60 bits per heavy atom. The second-order valence-corrected chi connectivity index (χ2v) is 18.1. The molecule has 4 aliphatic carbocycles. The van der Waals surface area contributed by atoms with E-state index in [1.165, 1.54) is 5.57 Å². The smallest absolute Gasteiger partial charge is 0.187 e. The Morgan fingerprint density at radius 1 is 0.865 bits per heavy atom. The summed E-state index contributed by atoms with van der Waals surface area (Å²) in [5.41, 5.74) is 0.729. The molecule has 13 heteroatoms. The van der Waals surface area contributed by atoms with Crippen LogP contribution in [0.5, 0.6) is 0 Å². The molecule has 5 unspecified atom stereocenters. The number of carbonyl (C=O) groups excluding carboxylic acids is 1. The van der Waals surface area contributed by atoms with Crippen molar-refractivity contribution in [3.63, 3.8) is 0 Å². The van der Waals surface area contributed by atoms with Gasteiger partial charge in [0.15, 0.2) is 18.4 Å². The molecule has 3 saturated carbocycles. The molecule has 4 heterocycles. The minimum absolute atomic E-state index is 0.0466. The lowest BCUT2D eigenvalue weighted by molar-refractivity contribution is -0.359. The molecule has 0 aromatic carbocycles. The van der Waals surface area contributed by atoms with Crippen LogP contribution in [-0.4, -0.2) is 129 Å². The number of fused-ring (bicyclic) bond motifs is 7. The van der Waals surface area contributed by atoms with E-state index in [1.807, 2.05) is 0 Å². The highest BCUT2D eigenvalue weighted by molar-refractivity contribution is 5.87. The maximum atomic E-state index is 14.5. The van der Waals surface area contributed by atoms with Crippen LogP contribution in [0.1, 0.15) is 86.0 Å². The fourth-order valence-electron chi connectivity index (χ4n) is 12.3. The van der Waals surface area contributed by atoms with E-state index in [1.54, 1.807) is 6.92 Å². The quantitative estimate of drug-likeness (QED) is 0.223. The van der Waals surface area contributed by atoms with Crippen molar-refractivity contribution in [1.82, 2.24) is 0 Å². The lowest BCUT2D eigenvalue weighted by Crippen LogP contribution is -2.64. The minimum atomic E-state index is -1.66. The van der Waals surface area contributed by atoms with Gasteiger partial charge in [-0.25, -0.2) is 0 Å². The predicted molar refractivity (Wildman–Crippen MR) is 182 cm³/mol. The zero-order chi connectivity index (χ0) is 37.1. The van der Waals surface area contributed by atoms with Gasteiger partial charge in [-0.1, -0.05) is 39.3 Å². The van der Waals surface area contributed by atoms with Crippen molar-refractivity contribution in [2.45, 2.75) is 165 Å². The maximum absolute atomic E-state index is 14.5. The van der Waals surface area contributed by atoms with Crippen LogP contribution in [0.15, 0.2) is 11.6 Å². The number of allylic oxidation sites excluding steroid dienone is 1. The molecule has 4 saturated heterocycles. The van der Waals surface area contributed by atoms with Gasteiger partial charge in [-0.15, -0.1) is 0 Å². The summed E-state index contributed by atoms with van der Waals surface area (Å²) in [6.45, 7) is 10.8. The zero-order valence-electron chi connectivity index (χ0n) is 31.1. The fraction of sp³-hybridized carbons (Fsp3) is 0.923. The summed E-state index contributed by atoms with van der Waals surface area (Å²) >= 11 is 0. The molecule has 13 nitrogen and oxygen atoms in total. The Hall–Kier alpha value is -1.07. The summed E-state index contributed by atoms with van der Waals surface area (Å²) in [5, 5.41) is 62.5. The van der Waals surface area contributed by atoms with E-state index >= 15 is 0 Å². The molecule has 0 aromatic heterocycles. The lowest BCUT2D eigenvalue weighted by atomic mass is 9.46. The Balaban J connectivity index is 0.919. The van der Waals surface area contributed by atoms with E-state index in [4.69, 9.17) is 28.4 Å². The molecular weight excluding hydrogens is 676 g/mol. The van der Waals surface area contributed by atoms with Gasteiger partial charge in [0.1, 0.15) is 48.5 Å². The maximum Gasteiger partial charge on any atom is 0.187 e. The number of ketones is 1. The molecule has 294 valence electrons. The Kier molecular flexibility index (Phi) is 9.86. The number of carbonyl (C=O) groups is 1. The largest absolute Gasteiger partial charge is 0.394 e. The monoisotopic (exact) mass is 736 g/mol. The third-order valence-corrected chi connectivity index (χ3v) is 15.4. The van der Waals surface area contributed by atoms with Gasteiger partial charge in [0, 0.05) is 30.1 Å². The molecule has 52 heavy (non-hydrogen) atoms. The van der Waals surface area contributed by atoms with E-state index in [9.17, 15) is 35.4 Å². The van der Waals surface area contributed by atoms with Crippen LogP contribution in [0, 0.1) is 46.3 Å². The number of aliphatic hydroxyl groups is 6. The molecule has 0 radical (unpaired) electrons. The zero-order valence-corrected chi connectivity index (χ0v) is 31.1. The molecule has 0 amide bonds. The van der Waals surface area contributed by atoms with Crippen molar-refractivity contribution < 1.29 is 63.9 Å². The van der Waals surface area contributed by atoms with E-state index in [0.29, 0.717) is 43.5 Å². The normalized spacial score (nSPS) is 57.5.